The Morgan fingerprint density at radius 1 is 1.19 bits per heavy atom. The van der Waals surface area contributed by atoms with Gasteiger partial charge >= 0.3 is 17.9 Å². The second-order valence-electron chi connectivity index (χ2n) is 7.59. The summed E-state index contributed by atoms with van der Waals surface area (Å²) in [5.41, 5.74) is -0.479. The van der Waals surface area contributed by atoms with E-state index in [0.717, 1.165) is 5.69 Å². The van der Waals surface area contributed by atoms with Crippen LogP contribution in [0.25, 0.3) is 0 Å². The lowest BCUT2D eigenvalue weighted by molar-refractivity contribution is -0.186. The standard InChI is InChI=1S/C21H25N3O7/c1-13(2)17-10-22-23-24(17)19-18(30-14(3)25)21(11-28-19,31-15(4)26)12-29-20(27)16-8-6-5-7-9-16/h5-10,13,18-19H,11-12H2,1-4H3/t18-,19+,21-/m0/s1. The number of nitrogens with zero attached hydrogens (tertiary/aromatic N) is 3. The highest BCUT2D eigenvalue weighted by Gasteiger charge is 2.58. The van der Waals surface area contributed by atoms with Gasteiger partial charge in [0.15, 0.2) is 12.3 Å². The van der Waals surface area contributed by atoms with Crippen molar-refractivity contribution in [2.45, 2.75) is 51.5 Å². The number of aromatic nitrogens is 3. The lowest BCUT2D eigenvalue weighted by Gasteiger charge is -2.33. The number of esters is 3. The monoisotopic (exact) mass is 431 g/mol. The number of benzene rings is 1. The topological polar surface area (TPSA) is 119 Å². The molecule has 0 spiro atoms. The van der Waals surface area contributed by atoms with Crippen LogP contribution in [-0.4, -0.2) is 57.8 Å². The quantitative estimate of drug-likeness (QED) is 0.479. The molecular weight excluding hydrogens is 406 g/mol. The number of ether oxygens (including phenoxy) is 4. The molecule has 0 N–H and O–H groups in total. The van der Waals surface area contributed by atoms with E-state index in [0.29, 0.717) is 5.56 Å². The van der Waals surface area contributed by atoms with E-state index in [1.165, 1.54) is 18.5 Å². The second-order valence-corrected chi connectivity index (χ2v) is 7.59. The minimum Gasteiger partial charge on any atom is -0.458 e. The minimum absolute atomic E-state index is 0.0520. The first-order valence-electron chi connectivity index (χ1n) is 9.84. The highest BCUT2D eigenvalue weighted by molar-refractivity contribution is 5.89. The molecule has 1 aromatic carbocycles. The third-order valence-corrected chi connectivity index (χ3v) is 4.81. The zero-order valence-electron chi connectivity index (χ0n) is 17.8. The first kappa shape index (κ1) is 22.4. The predicted molar refractivity (Wildman–Crippen MR) is 106 cm³/mol. The van der Waals surface area contributed by atoms with Gasteiger partial charge in [-0.25, -0.2) is 9.48 Å². The highest BCUT2D eigenvalue weighted by Crippen LogP contribution is 2.39. The van der Waals surface area contributed by atoms with Crippen LogP contribution in [0.2, 0.25) is 0 Å². The molecule has 3 rings (SSSR count). The second kappa shape index (κ2) is 9.25. The van der Waals surface area contributed by atoms with Crippen LogP contribution in [0.3, 0.4) is 0 Å². The zero-order valence-corrected chi connectivity index (χ0v) is 17.8. The Morgan fingerprint density at radius 2 is 1.90 bits per heavy atom. The number of hydrogen-bond acceptors (Lipinski definition) is 9. The average Bonchev–Trinajstić information content (AvgIpc) is 3.32. The molecule has 1 aliphatic rings. The molecule has 1 aliphatic heterocycles. The van der Waals surface area contributed by atoms with Crippen LogP contribution in [0.1, 0.15) is 55.9 Å². The first-order valence-corrected chi connectivity index (χ1v) is 9.84. The Morgan fingerprint density at radius 3 is 2.52 bits per heavy atom. The smallest absolute Gasteiger partial charge is 0.338 e. The van der Waals surface area contributed by atoms with Gasteiger partial charge < -0.3 is 18.9 Å². The van der Waals surface area contributed by atoms with Crippen LogP contribution < -0.4 is 0 Å². The molecule has 166 valence electrons. The highest BCUT2D eigenvalue weighted by atomic mass is 16.7. The summed E-state index contributed by atoms with van der Waals surface area (Å²) in [5, 5.41) is 7.99. The number of carbonyl (C=O) groups excluding carboxylic acids is 3. The van der Waals surface area contributed by atoms with Crippen LogP contribution in [-0.2, 0) is 28.5 Å². The van der Waals surface area contributed by atoms with Gasteiger partial charge in [0.1, 0.15) is 6.61 Å². The lowest BCUT2D eigenvalue weighted by atomic mass is 9.98. The molecule has 2 aromatic rings. The van der Waals surface area contributed by atoms with Crippen LogP contribution in [0.15, 0.2) is 36.5 Å². The van der Waals surface area contributed by atoms with Crippen molar-refractivity contribution in [3.05, 3.63) is 47.8 Å². The fourth-order valence-electron chi connectivity index (χ4n) is 3.43. The molecule has 31 heavy (non-hydrogen) atoms. The van der Waals surface area contributed by atoms with Crippen molar-refractivity contribution in [1.29, 1.82) is 0 Å². The van der Waals surface area contributed by atoms with E-state index in [9.17, 15) is 14.4 Å². The zero-order chi connectivity index (χ0) is 22.6. The molecule has 10 heteroatoms. The summed E-state index contributed by atoms with van der Waals surface area (Å²) in [6.07, 6.45) is -0.449. The van der Waals surface area contributed by atoms with E-state index in [2.05, 4.69) is 10.3 Å². The Hall–Kier alpha value is -3.27. The molecule has 1 aromatic heterocycles. The molecule has 0 aliphatic carbocycles. The van der Waals surface area contributed by atoms with Crippen molar-refractivity contribution in [2.75, 3.05) is 13.2 Å². The number of carbonyl (C=O) groups is 3. The summed E-state index contributed by atoms with van der Waals surface area (Å²) in [6, 6.07) is 8.37. The fraction of sp³-hybridized carbons (Fsp3) is 0.476. The molecule has 2 heterocycles. The lowest BCUT2D eigenvalue weighted by Crippen LogP contribution is -2.52. The van der Waals surface area contributed by atoms with Crippen LogP contribution in [0.4, 0.5) is 0 Å². The van der Waals surface area contributed by atoms with Gasteiger partial charge in [0, 0.05) is 13.8 Å². The van der Waals surface area contributed by atoms with E-state index in [1.807, 2.05) is 13.8 Å². The van der Waals surface area contributed by atoms with Gasteiger partial charge in [-0.2, -0.15) is 0 Å². The fourth-order valence-corrected chi connectivity index (χ4v) is 3.43. The van der Waals surface area contributed by atoms with E-state index < -0.39 is 35.8 Å². The third kappa shape index (κ3) is 4.91. The summed E-state index contributed by atoms with van der Waals surface area (Å²) in [6.45, 7) is 5.80. The predicted octanol–water partition coefficient (Wildman–Crippen LogP) is 2.02. The summed E-state index contributed by atoms with van der Waals surface area (Å²) in [5.74, 6) is -1.81. The Labute approximate surface area is 179 Å². The van der Waals surface area contributed by atoms with Crippen LogP contribution in [0.5, 0.6) is 0 Å². The summed E-state index contributed by atoms with van der Waals surface area (Å²) in [7, 11) is 0. The maximum Gasteiger partial charge on any atom is 0.338 e. The average molecular weight is 431 g/mol. The summed E-state index contributed by atoms with van der Waals surface area (Å²) >= 11 is 0. The summed E-state index contributed by atoms with van der Waals surface area (Å²) in [4.78, 5) is 36.3. The van der Waals surface area contributed by atoms with Crippen molar-refractivity contribution in [2.24, 2.45) is 0 Å². The minimum atomic E-state index is -1.55. The molecule has 0 bridgehead atoms. The molecule has 0 amide bonds. The third-order valence-electron chi connectivity index (χ3n) is 4.81. The first-order chi connectivity index (χ1) is 14.7. The Balaban J connectivity index is 1.92. The SMILES string of the molecule is CC(=O)O[C@H]1[C@H](n2nncc2C(C)C)OC[C@@]1(COC(=O)c1ccccc1)OC(C)=O. The van der Waals surface area contributed by atoms with Gasteiger partial charge in [-0.1, -0.05) is 37.3 Å². The maximum absolute atomic E-state index is 12.5. The molecule has 1 fully saturated rings. The van der Waals surface area contributed by atoms with Gasteiger partial charge in [0.25, 0.3) is 0 Å². The van der Waals surface area contributed by atoms with Crippen LogP contribution in [0, 0.1) is 0 Å². The maximum atomic E-state index is 12.5. The van der Waals surface area contributed by atoms with Gasteiger partial charge in [-0.15, -0.1) is 5.10 Å². The number of rotatable bonds is 7. The normalized spacial score (nSPS) is 22.9. The van der Waals surface area contributed by atoms with Crippen molar-refractivity contribution in [3.8, 4) is 0 Å². The number of hydrogen-bond donors (Lipinski definition) is 0. The van der Waals surface area contributed by atoms with Gasteiger partial charge in [-0.3, -0.25) is 9.59 Å². The Kier molecular flexibility index (Phi) is 6.69. The van der Waals surface area contributed by atoms with Gasteiger partial charge in [-0.05, 0) is 18.1 Å². The Bertz CT molecular complexity index is 943. The summed E-state index contributed by atoms with van der Waals surface area (Å²) < 4.78 is 23.9. The van der Waals surface area contributed by atoms with E-state index in [-0.39, 0.29) is 19.1 Å². The molecule has 0 saturated carbocycles. The van der Waals surface area contributed by atoms with Gasteiger partial charge in [0.05, 0.1) is 24.1 Å². The van der Waals surface area contributed by atoms with Crippen LogP contribution >= 0.6 is 0 Å². The van der Waals surface area contributed by atoms with Crippen molar-refractivity contribution in [3.63, 3.8) is 0 Å². The van der Waals surface area contributed by atoms with Crippen molar-refractivity contribution >= 4 is 17.9 Å². The van der Waals surface area contributed by atoms with E-state index in [4.69, 9.17) is 18.9 Å². The molecule has 0 unspecified atom stereocenters. The van der Waals surface area contributed by atoms with E-state index >= 15 is 0 Å². The van der Waals surface area contributed by atoms with Crippen molar-refractivity contribution < 1.29 is 33.3 Å². The molecular formula is C21H25N3O7. The molecule has 10 nitrogen and oxygen atoms in total. The van der Waals surface area contributed by atoms with Gasteiger partial charge in [0.2, 0.25) is 5.60 Å². The largest absolute Gasteiger partial charge is 0.458 e. The molecule has 3 atom stereocenters. The molecule has 0 radical (unpaired) electrons. The molecule has 1 saturated heterocycles. The van der Waals surface area contributed by atoms with Crippen molar-refractivity contribution in [1.82, 2.24) is 15.0 Å². The van der Waals surface area contributed by atoms with E-state index in [1.54, 1.807) is 36.5 Å².